The summed E-state index contributed by atoms with van der Waals surface area (Å²) < 4.78 is 5.11. The van der Waals surface area contributed by atoms with Gasteiger partial charge in [0.25, 0.3) is 0 Å². The van der Waals surface area contributed by atoms with E-state index in [1.807, 2.05) is 0 Å². The molecule has 148 valence electrons. The minimum absolute atomic E-state index is 0.265. The van der Waals surface area contributed by atoms with Gasteiger partial charge in [0.2, 0.25) is 0 Å². The van der Waals surface area contributed by atoms with E-state index in [1.54, 1.807) is 18.0 Å². The molecule has 1 aliphatic heterocycles. The number of rotatable bonds is 6. The maximum atomic E-state index is 11.9. The third-order valence-corrected chi connectivity index (χ3v) is 6.00. The van der Waals surface area contributed by atoms with E-state index in [0.29, 0.717) is 18.4 Å². The number of fused-ring (bicyclic) bond motifs is 1. The van der Waals surface area contributed by atoms with Crippen LogP contribution in [0.4, 0.5) is 10.5 Å². The molecule has 0 aromatic heterocycles. The molecule has 3 rings (SSSR count). The molecule has 1 amide bonds. The van der Waals surface area contributed by atoms with Crippen LogP contribution < -0.4 is 4.90 Å². The number of likely N-dealkylation sites (N-methyl/N-ethyl adjacent to an activating group) is 1. The standard InChI is InChI=1S/C22H33N3O2/c1-5-14-27-22(26)24(4)9-8-18-15-17(2)21-16-19(6-7-20(18)21)25-12-10-23(3)11-13-25/h5-7,16-18H,1,8-15H2,2-4H3/t17-,18?/m1/s1. The van der Waals surface area contributed by atoms with Crippen LogP contribution in [0.25, 0.3) is 0 Å². The van der Waals surface area contributed by atoms with E-state index in [0.717, 1.165) is 39.0 Å². The lowest BCUT2D eigenvalue weighted by Crippen LogP contribution is -2.44. The van der Waals surface area contributed by atoms with E-state index < -0.39 is 0 Å². The minimum Gasteiger partial charge on any atom is -0.445 e. The fourth-order valence-electron chi connectivity index (χ4n) is 4.26. The van der Waals surface area contributed by atoms with Gasteiger partial charge in [-0.25, -0.2) is 4.79 Å². The molecule has 2 atom stereocenters. The van der Waals surface area contributed by atoms with Crippen molar-refractivity contribution in [3.63, 3.8) is 0 Å². The van der Waals surface area contributed by atoms with Crippen LogP contribution in [0, 0.1) is 0 Å². The van der Waals surface area contributed by atoms with E-state index >= 15 is 0 Å². The molecule has 1 saturated heterocycles. The van der Waals surface area contributed by atoms with Crippen LogP contribution >= 0.6 is 0 Å². The van der Waals surface area contributed by atoms with Gasteiger partial charge in [-0.05, 0) is 55.0 Å². The van der Waals surface area contributed by atoms with E-state index in [1.165, 1.54) is 16.8 Å². The first-order valence-corrected chi connectivity index (χ1v) is 10.1. The van der Waals surface area contributed by atoms with Crippen molar-refractivity contribution in [3.8, 4) is 0 Å². The highest BCUT2D eigenvalue weighted by molar-refractivity contribution is 5.67. The van der Waals surface area contributed by atoms with Gasteiger partial charge in [0.05, 0.1) is 0 Å². The normalized spacial score (nSPS) is 22.4. The van der Waals surface area contributed by atoms with Gasteiger partial charge < -0.3 is 19.4 Å². The number of hydrogen-bond donors (Lipinski definition) is 0. The van der Waals surface area contributed by atoms with Crippen molar-refractivity contribution in [2.24, 2.45) is 0 Å². The highest BCUT2D eigenvalue weighted by Crippen LogP contribution is 2.44. The molecule has 5 heteroatoms. The Balaban J connectivity index is 1.62. The number of ether oxygens (including phenoxy) is 1. The molecule has 0 bridgehead atoms. The lowest BCUT2D eigenvalue weighted by molar-refractivity contribution is 0.120. The summed E-state index contributed by atoms with van der Waals surface area (Å²) in [6, 6.07) is 7.03. The molecular formula is C22H33N3O2. The van der Waals surface area contributed by atoms with Crippen LogP contribution in [0.15, 0.2) is 30.9 Å². The summed E-state index contributed by atoms with van der Waals surface area (Å²) in [5, 5.41) is 0. The lowest BCUT2D eigenvalue weighted by atomic mass is 9.97. The number of amides is 1. The molecule has 2 aliphatic rings. The average Bonchev–Trinajstić information content (AvgIpc) is 3.00. The van der Waals surface area contributed by atoms with Gasteiger partial charge in [-0.1, -0.05) is 25.6 Å². The molecule has 1 fully saturated rings. The maximum absolute atomic E-state index is 11.9. The molecule has 0 N–H and O–H groups in total. The Labute approximate surface area is 163 Å². The number of anilines is 1. The predicted molar refractivity (Wildman–Crippen MR) is 111 cm³/mol. The predicted octanol–water partition coefficient (Wildman–Crippen LogP) is 3.67. The summed E-state index contributed by atoms with van der Waals surface area (Å²) >= 11 is 0. The first-order valence-electron chi connectivity index (χ1n) is 10.1. The number of piperazine rings is 1. The largest absolute Gasteiger partial charge is 0.445 e. The summed E-state index contributed by atoms with van der Waals surface area (Å²) in [4.78, 5) is 18.5. The Kier molecular flexibility index (Phi) is 6.42. The Bertz CT molecular complexity index is 668. The zero-order valence-electron chi connectivity index (χ0n) is 17.0. The molecule has 1 aromatic carbocycles. The van der Waals surface area contributed by atoms with Crippen molar-refractivity contribution in [1.82, 2.24) is 9.80 Å². The molecule has 1 heterocycles. The Morgan fingerprint density at radius 3 is 2.74 bits per heavy atom. The van der Waals surface area contributed by atoms with Crippen LogP contribution in [0.1, 0.15) is 42.7 Å². The van der Waals surface area contributed by atoms with E-state index in [-0.39, 0.29) is 12.7 Å². The van der Waals surface area contributed by atoms with Gasteiger partial charge in [0.15, 0.2) is 0 Å². The molecule has 0 saturated carbocycles. The van der Waals surface area contributed by atoms with Gasteiger partial charge in [-0.2, -0.15) is 0 Å². The molecule has 0 radical (unpaired) electrons. The van der Waals surface area contributed by atoms with Crippen molar-refractivity contribution >= 4 is 11.8 Å². The zero-order chi connectivity index (χ0) is 19.4. The molecule has 1 aromatic rings. The second-order valence-electron chi connectivity index (χ2n) is 8.01. The quantitative estimate of drug-likeness (QED) is 0.715. The third-order valence-electron chi connectivity index (χ3n) is 6.00. The minimum atomic E-state index is -0.272. The summed E-state index contributed by atoms with van der Waals surface area (Å²) in [7, 11) is 4.00. The number of benzene rings is 1. The Morgan fingerprint density at radius 2 is 2.04 bits per heavy atom. The Hall–Kier alpha value is -2.01. The van der Waals surface area contributed by atoms with Gasteiger partial charge in [0.1, 0.15) is 6.61 Å². The second-order valence-corrected chi connectivity index (χ2v) is 8.01. The first kappa shape index (κ1) is 19.7. The molecule has 27 heavy (non-hydrogen) atoms. The molecule has 1 unspecified atom stereocenters. The van der Waals surface area contributed by atoms with Crippen molar-refractivity contribution < 1.29 is 9.53 Å². The Morgan fingerprint density at radius 1 is 1.30 bits per heavy atom. The van der Waals surface area contributed by atoms with Crippen LogP contribution in [-0.4, -0.2) is 69.3 Å². The van der Waals surface area contributed by atoms with Crippen molar-refractivity contribution in [3.05, 3.63) is 42.0 Å². The van der Waals surface area contributed by atoms with Crippen LogP contribution in [0.5, 0.6) is 0 Å². The number of carbonyl (C=O) groups is 1. The van der Waals surface area contributed by atoms with E-state index in [9.17, 15) is 4.79 Å². The average molecular weight is 372 g/mol. The molecule has 5 nitrogen and oxygen atoms in total. The summed E-state index contributed by atoms with van der Waals surface area (Å²) in [5.74, 6) is 1.10. The van der Waals surface area contributed by atoms with Crippen molar-refractivity contribution in [1.29, 1.82) is 0 Å². The smallest absolute Gasteiger partial charge is 0.409 e. The van der Waals surface area contributed by atoms with Gasteiger partial charge in [0, 0.05) is 45.5 Å². The second kappa shape index (κ2) is 8.79. The lowest BCUT2D eigenvalue weighted by Gasteiger charge is -2.34. The molecule has 1 aliphatic carbocycles. The van der Waals surface area contributed by atoms with Gasteiger partial charge in [-0.3, -0.25) is 0 Å². The van der Waals surface area contributed by atoms with Crippen LogP contribution in [0.2, 0.25) is 0 Å². The first-order chi connectivity index (χ1) is 13.0. The summed E-state index contributed by atoms with van der Waals surface area (Å²) in [5.41, 5.74) is 4.32. The van der Waals surface area contributed by atoms with Crippen molar-refractivity contribution in [2.45, 2.75) is 31.6 Å². The van der Waals surface area contributed by atoms with E-state index in [4.69, 9.17) is 4.74 Å². The monoisotopic (exact) mass is 371 g/mol. The van der Waals surface area contributed by atoms with Gasteiger partial charge in [-0.15, -0.1) is 0 Å². The number of carbonyl (C=O) groups excluding carboxylic acids is 1. The topological polar surface area (TPSA) is 36.0 Å². The molecule has 0 spiro atoms. The zero-order valence-corrected chi connectivity index (χ0v) is 17.0. The summed E-state index contributed by atoms with van der Waals surface area (Å²) in [6.45, 7) is 11.3. The van der Waals surface area contributed by atoms with E-state index in [2.05, 4.69) is 48.5 Å². The maximum Gasteiger partial charge on any atom is 0.409 e. The third kappa shape index (κ3) is 4.64. The highest BCUT2D eigenvalue weighted by atomic mass is 16.6. The van der Waals surface area contributed by atoms with Crippen LogP contribution in [0.3, 0.4) is 0 Å². The SMILES string of the molecule is C=CCOC(=O)N(C)CCC1C[C@@H](C)c2cc(N3CCN(C)CC3)ccc21. The van der Waals surface area contributed by atoms with Crippen LogP contribution in [-0.2, 0) is 4.74 Å². The highest BCUT2D eigenvalue weighted by Gasteiger charge is 2.29. The number of hydrogen-bond acceptors (Lipinski definition) is 4. The number of nitrogens with zero attached hydrogens (tertiary/aromatic N) is 3. The van der Waals surface area contributed by atoms with Crippen molar-refractivity contribution in [2.75, 3.05) is 58.3 Å². The molecular weight excluding hydrogens is 338 g/mol. The summed E-state index contributed by atoms with van der Waals surface area (Å²) in [6.07, 6.45) is 3.46. The fourth-order valence-corrected chi connectivity index (χ4v) is 4.26. The fraction of sp³-hybridized carbons (Fsp3) is 0.591. The van der Waals surface area contributed by atoms with Gasteiger partial charge >= 0.3 is 6.09 Å².